The molecular weight excluding hydrogens is 172 g/mol. The lowest BCUT2D eigenvalue weighted by molar-refractivity contribution is -0.179. The zero-order valence-electron chi connectivity index (χ0n) is 8.33. The molecule has 1 fully saturated rings. The maximum atomic E-state index is 11.5. The van der Waals surface area contributed by atoms with Crippen LogP contribution in [0.1, 0.15) is 20.8 Å². The third kappa shape index (κ3) is 2.19. The Morgan fingerprint density at radius 2 is 2.00 bits per heavy atom. The molecule has 1 aliphatic rings. The van der Waals surface area contributed by atoms with Gasteiger partial charge in [0.1, 0.15) is 5.41 Å². The molecule has 4 heteroatoms. The Balaban J connectivity index is 2.57. The third-order valence-corrected chi connectivity index (χ3v) is 2.01. The first-order chi connectivity index (χ1) is 6.09. The average Bonchev–Trinajstić information content (AvgIpc) is 2.56. The number of esters is 1. The van der Waals surface area contributed by atoms with E-state index in [1.807, 2.05) is 0 Å². The molecule has 0 aromatic rings. The Bertz CT molecular complexity index is 182. The van der Waals surface area contributed by atoms with Crippen molar-refractivity contribution < 1.29 is 19.0 Å². The minimum atomic E-state index is -0.716. The summed E-state index contributed by atoms with van der Waals surface area (Å²) in [6.45, 7) is 6.79. The average molecular weight is 188 g/mol. The van der Waals surface area contributed by atoms with Gasteiger partial charge in [-0.25, -0.2) is 0 Å². The minimum Gasteiger partial charge on any atom is -0.465 e. The van der Waals surface area contributed by atoms with Crippen molar-refractivity contribution in [2.75, 3.05) is 19.8 Å². The van der Waals surface area contributed by atoms with Crippen molar-refractivity contribution in [1.82, 2.24) is 0 Å². The number of ether oxygens (including phenoxy) is 3. The first-order valence-corrected chi connectivity index (χ1v) is 4.49. The molecule has 1 aliphatic heterocycles. The fourth-order valence-corrected chi connectivity index (χ4v) is 1.19. The standard InChI is InChI=1S/C9H16O4/c1-4-11-7(10)9(2,3)8-12-5-6-13-8/h8H,4-6H2,1-3H3. The predicted octanol–water partition coefficient (Wildman–Crippen LogP) is 0.949. The molecule has 0 aliphatic carbocycles. The second-order valence-corrected chi connectivity index (χ2v) is 3.52. The normalized spacial score (nSPS) is 19.0. The van der Waals surface area contributed by atoms with Crippen LogP contribution in [0, 0.1) is 5.41 Å². The highest BCUT2D eigenvalue weighted by Gasteiger charge is 2.42. The number of hydrogen-bond donors (Lipinski definition) is 0. The molecule has 1 heterocycles. The van der Waals surface area contributed by atoms with Gasteiger partial charge in [-0.3, -0.25) is 4.79 Å². The molecule has 13 heavy (non-hydrogen) atoms. The Morgan fingerprint density at radius 1 is 1.46 bits per heavy atom. The fourth-order valence-electron chi connectivity index (χ4n) is 1.19. The molecule has 4 nitrogen and oxygen atoms in total. The summed E-state index contributed by atoms with van der Waals surface area (Å²) in [4.78, 5) is 11.5. The number of carbonyl (C=O) groups is 1. The van der Waals surface area contributed by atoms with Gasteiger partial charge in [0.05, 0.1) is 19.8 Å². The maximum Gasteiger partial charge on any atom is 0.316 e. The van der Waals surface area contributed by atoms with E-state index in [2.05, 4.69) is 0 Å². The molecular formula is C9H16O4. The van der Waals surface area contributed by atoms with Crippen LogP contribution in [-0.2, 0) is 19.0 Å². The molecule has 76 valence electrons. The Labute approximate surface area is 78.2 Å². The van der Waals surface area contributed by atoms with Gasteiger partial charge in [-0.2, -0.15) is 0 Å². The molecule has 0 aromatic carbocycles. The summed E-state index contributed by atoms with van der Waals surface area (Å²) in [5.74, 6) is -0.276. The first-order valence-electron chi connectivity index (χ1n) is 4.49. The molecule has 0 spiro atoms. The van der Waals surface area contributed by atoms with Crippen molar-refractivity contribution in [3.63, 3.8) is 0 Å². The summed E-state index contributed by atoms with van der Waals surface area (Å²) in [6, 6.07) is 0. The molecule has 0 unspecified atom stereocenters. The Kier molecular flexibility index (Phi) is 3.27. The number of carbonyl (C=O) groups excluding carboxylic acids is 1. The van der Waals surface area contributed by atoms with Crippen molar-refractivity contribution in [2.45, 2.75) is 27.1 Å². The van der Waals surface area contributed by atoms with Crippen LogP contribution in [0.3, 0.4) is 0 Å². The minimum absolute atomic E-state index is 0.276. The molecule has 0 atom stereocenters. The van der Waals surface area contributed by atoms with E-state index in [-0.39, 0.29) is 5.97 Å². The molecule has 0 aromatic heterocycles. The summed E-state index contributed by atoms with van der Waals surface area (Å²) < 4.78 is 15.4. The second kappa shape index (κ2) is 4.07. The van der Waals surface area contributed by atoms with Crippen LogP contribution in [0.25, 0.3) is 0 Å². The van der Waals surface area contributed by atoms with Crippen molar-refractivity contribution in [3.05, 3.63) is 0 Å². The Hall–Kier alpha value is -0.610. The van der Waals surface area contributed by atoms with Crippen molar-refractivity contribution in [2.24, 2.45) is 5.41 Å². The molecule has 0 bridgehead atoms. The fraction of sp³-hybridized carbons (Fsp3) is 0.889. The van der Waals surface area contributed by atoms with Gasteiger partial charge in [0.25, 0.3) is 0 Å². The zero-order valence-corrected chi connectivity index (χ0v) is 8.33. The van der Waals surface area contributed by atoms with E-state index in [1.54, 1.807) is 20.8 Å². The van der Waals surface area contributed by atoms with Gasteiger partial charge < -0.3 is 14.2 Å². The monoisotopic (exact) mass is 188 g/mol. The van der Waals surface area contributed by atoms with E-state index < -0.39 is 11.7 Å². The lowest BCUT2D eigenvalue weighted by Gasteiger charge is -2.26. The molecule has 0 radical (unpaired) electrons. The van der Waals surface area contributed by atoms with Gasteiger partial charge in [0, 0.05) is 0 Å². The van der Waals surface area contributed by atoms with Crippen LogP contribution in [0.2, 0.25) is 0 Å². The summed E-state index contributed by atoms with van der Waals surface area (Å²) in [5, 5.41) is 0. The van der Waals surface area contributed by atoms with E-state index in [4.69, 9.17) is 14.2 Å². The van der Waals surface area contributed by atoms with Crippen LogP contribution in [0.4, 0.5) is 0 Å². The molecule has 0 amide bonds. The molecule has 1 saturated heterocycles. The second-order valence-electron chi connectivity index (χ2n) is 3.52. The van der Waals surface area contributed by atoms with E-state index in [1.165, 1.54) is 0 Å². The molecule has 0 N–H and O–H groups in total. The quantitative estimate of drug-likeness (QED) is 0.618. The van der Waals surface area contributed by atoms with E-state index in [9.17, 15) is 4.79 Å². The van der Waals surface area contributed by atoms with Crippen LogP contribution >= 0.6 is 0 Å². The lowest BCUT2D eigenvalue weighted by atomic mass is 9.93. The SMILES string of the molecule is CCOC(=O)C(C)(C)C1OCCO1. The molecule has 0 saturated carbocycles. The topological polar surface area (TPSA) is 44.8 Å². The van der Waals surface area contributed by atoms with Gasteiger partial charge >= 0.3 is 5.97 Å². The zero-order chi connectivity index (χ0) is 9.90. The smallest absolute Gasteiger partial charge is 0.316 e. The summed E-state index contributed by atoms with van der Waals surface area (Å²) >= 11 is 0. The Morgan fingerprint density at radius 3 is 2.46 bits per heavy atom. The van der Waals surface area contributed by atoms with Gasteiger partial charge in [0.2, 0.25) is 0 Å². The summed E-state index contributed by atoms with van der Waals surface area (Å²) in [7, 11) is 0. The van der Waals surface area contributed by atoms with Gasteiger partial charge in [-0.05, 0) is 20.8 Å². The highest BCUT2D eigenvalue weighted by molar-refractivity contribution is 5.76. The lowest BCUT2D eigenvalue weighted by Crippen LogP contribution is -2.39. The van der Waals surface area contributed by atoms with Crippen LogP contribution in [0.5, 0.6) is 0 Å². The van der Waals surface area contributed by atoms with Crippen LogP contribution < -0.4 is 0 Å². The highest BCUT2D eigenvalue weighted by atomic mass is 16.7. The summed E-state index contributed by atoms with van der Waals surface area (Å²) in [6.07, 6.45) is -0.466. The third-order valence-electron chi connectivity index (χ3n) is 2.01. The number of hydrogen-bond acceptors (Lipinski definition) is 4. The van der Waals surface area contributed by atoms with Gasteiger partial charge in [-0.1, -0.05) is 0 Å². The number of rotatable bonds is 3. The first kappa shape index (κ1) is 10.5. The van der Waals surface area contributed by atoms with E-state index in [0.717, 1.165) is 0 Å². The van der Waals surface area contributed by atoms with Crippen LogP contribution in [-0.4, -0.2) is 32.1 Å². The van der Waals surface area contributed by atoms with Crippen LogP contribution in [0.15, 0.2) is 0 Å². The van der Waals surface area contributed by atoms with Gasteiger partial charge in [-0.15, -0.1) is 0 Å². The van der Waals surface area contributed by atoms with Crippen molar-refractivity contribution in [3.8, 4) is 0 Å². The van der Waals surface area contributed by atoms with Crippen molar-refractivity contribution in [1.29, 1.82) is 0 Å². The maximum absolute atomic E-state index is 11.5. The molecule has 1 rings (SSSR count). The van der Waals surface area contributed by atoms with Gasteiger partial charge in [0.15, 0.2) is 6.29 Å². The van der Waals surface area contributed by atoms with E-state index >= 15 is 0 Å². The predicted molar refractivity (Wildman–Crippen MR) is 46.1 cm³/mol. The summed E-state index contributed by atoms with van der Waals surface area (Å²) in [5.41, 5.74) is -0.716. The largest absolute Gasteiger partial charge is 0.465 e. The van der Waals surface area contributed by atoms with Crippen molar-refractivity contribution >= 4 is 5.97 Å². The highest BCUT2D eigenvalue weighted by Crippen LogP contribution is 2.28. The van der Waals surface area contributed by atoms with E-state index in [0.29, 0.717) is 19.8 Å².